The van der Waals surface area contributed by atoms with Gasteiger partial charge in [0.25, 0.3) is 0 Å². The quantitative estimate of drug-likeness (QED) is 0.808. The Labute approximate surface area is 129 Å². The molecule has 0 saturated carbocycles. The number of allylic oxidation sites excluding steroid dienone is 3. The van der Waals surface area contributed by atoms with Crippen LogP contribution >= 0.6 is 0 Å². The van der Waals surface area contributed by atoms with E-state index in [2.05, 4.69) is 58.0 Å². The normalized spacial score (nSPS) is 19.3. The van der Waals surface area contributed by atoms with Crippen molar-refractivity contribution in [3.8, 4) is 0 Å². The molecule has 0 amide bonds. The molecule has 0 aromatic carbocycles. The third-order valence-corrected chi connectivity index (χ3v) is 8.08. The van der Waals surface area contributed by atoms with Crippen LogP contribution in [0.5, 0.6) is 0 Å². The maximum Gasteiger partial charge on any atom is 0.154 e. The number of nitrogens with zero attached hydrogens (tertiary/aromatic N) is 2. The maximum atomic E-state index is 10.8. The molecule has 3 nitrogen and oxygen atoms in total. The number of hydrogen-bond donors (Lipinski definition) is 1. The van der Waals surface area contributed by atoms with E-state index in [0.717, 1.165) is 18.5 Å². The molecule has 1 aromatic rings. The Morgan fingerprint density at radius 1 is 1.29 bits per heavy atom. The second-order valence-electron chi connectivity index (χ2n) is 7.10. The topological polar surface area (TPSA) is 38.0 Å². The van der Waals surface area contributed by atoms with Crippen molar-refractivity contribution in [1.82, 2.24) is 9.78 Å². The Bertz CT molecular complexity index is 581. The van der Waals surface area contributed by atoms with E-state index in [9.17, 15) is 5.11 Å². The van der Waals surface area contributed by atoms with E-state index in [1.807, 2.05) is 10.9 Å². The van der Waals surface area contributed by atoms with Gasteiger partial charge in [-0.1, -0.05) is 52.4 Å². The van der Waals surface area contributed by atoms with Gasteiger partial charge in [0.15, 0.2) is 8.07 Å². The fourth-order valence-electron chi connectivity index (χ4n) is 3.11. The molecule has 2 heterocycles. The lowest BCUT2D eigenvalue weighted by Crippen LogP contribution is -2.33. The molecule has 1 aliphatic heterocycles. The lowest BCUT2D eigenvalue weighted by Gasteiger charge is -2.24. The van der Waals surface area contributed by atoms with Gasteiger partial charge in [-0.3, -0.25) is 0 Å². The zero-order valence-electron chi connectivity index (χ0n) is 14.1. The van der Waals surface area contributed by atoms with Crippen molar-refractivity contribution >= 4 is 13.8 Å². The minimum atomic E-state index is -1.90. The highest BCUT2D eigenvalue weighted by atomic mass is 28.3. The first-order valence-corrected chi connectivity index (χ1v) is 11.0. The molecule has 4 heteroatoms. The number of aliphatic hydroxyl groups is 1. The van der Waals surface area contributed by atoms with Gasteiger partial charge in [-0.05, 0) is 30.4 Å². The monoisotopic (exact) mass is 304 g/mol. The van der Waals surface area contributed by atoms with Crippen LogP contribution in [0.4, 0.5) is 0 Å². The highest BCUT2D eigenvalue weighted by Crippen LogP contribution is 2.39. The zero-order valence-corrected chi connectivity index (χ0v) is 15.1. The average molecular weight is 305 g/mol. The SMILES string of the molecule is CCC(C)C1=CC(n2nccc2CC(C)C)=C(O)[Si]1(C)C. The van der Waals surface area contributed by atoms with Crippen LogP contribution in [0.15, 0.2) is 28.9 Å². The molecule has 0 spiro atoms. The summed E-state index contributed by atoms with van der Waals surface area (Å²) in [4.78, 5) is 0. The Balaban J connectivity index is 2.46. The van der Waals surface area contributed by atoms with E-state index in [4.69, 9.17) is 0 Å². The minimum Gasteiger partial charge on any atom is -0.515 e. The summed E-state index contributed by atoms with van der Waals surface area (Å²) >= 11 is 0. The molecule has 1 atom stereocenters. The summed E-state index contributed by atoms with van der Waals surface area (Å²) in [5.74, 6) is 1.10. The summed E-state index contributed by atoms with van der Waals surface area (Å²) in [6, 6.07) is 2.06. The first-order chi connectivity index (χ1) is 9.78. The van der Waals surface area contributed by atoms with Crippen LogP contribution in [0.2, 0.25) is 13.1 Å². The van der Waals surface area contributed by atoms with Crippen molar-refractivity contribution in [1.29, 1.82) is 0 Å². The lowest BCUT2D eigenvalue weighted by molar-refractivity contribution is 0.443. The first-order valence-electron chi connectivity index (χ1n) is 7.98. The molecule has 0 saturated heterocycles. The van der Waals surface area contributed by atoms with Crippen LogP contribution in [0, 0.1) is 11.8 Å². The summed E-state index contributed by atoms with van der Waals surface area (Å²) in [6.45, 7) is 13.4. The summed E-state index contributed by atoms with van der Waals surface area (Å²) < 4.78 is 1.94. The fourth-order valence-corrected chi connectivity index (χ4v) is 6.14. The zero-order chi connectivity index (χ0) is 15.8. The Hall–Kier alpha value is -1.29. The van der Waals surface area contributed by atoms with Crippen LogP contribution < -0.4 is 0 Å². The molecule has 2 rings (SSSR count). The van der Waals surface area contributed by atoms with Crippen molar-refractivity contribution in [3.05, 3.63) is 34.6 Å². The molecule has 1 unspecified atom stereocenters. The summed E-state index contributed by atoms with van der Waals surface area (Å²) in [5, 5.41) is 17.3. The summed E-state index contributed by atoms with van der Waals surface area (Å²) in [6.07, 6.45) is 6.13. The number of rotatable bonds is 5. The van der Waals surface area contributed by atoms with Crippen molar-refractivity contribution in [2.24, 2.45) is 11.8 Å². The number of aromatic nitrogens is 2. The predicted molar refractivity (Wildman–Crippen MR) is 91.6 cm³/mol. The second kappa shape index (κ2) is 5.83. The molecule has 0 fully saturated rings. The fraction of sp³-hybridized carbons (Fsp3) is 0.588. The molecule has 1 aliphatic rings. The lowest BCUT2D eigenvalue weighted by atomic mass is 10.1. The molecule has 1 aromatic heterocycles. The highest BCUT2D eigenvalue weighted by Gasteiger charge is 2.40. The standard InChI is InChI=1S/C17H28N2OSi/c1-7-13(4)16-11-15(17(20)21(16,5)6)19-14(8-9-18-19)10-12(2)3/h8-9,11-13,20H,7,10H2,1-6H3. The van der Waals surface area contributed by atoms with Crippen LogP contribution in [0.3, 0.4) is 0 Å². The largest absolute Gasteiger partial charge is 0.515 e. The Kier molecular flexibility index (Phi) is 4.47. The van der Waals surface area contributed by atoms with E-state index in [1.165, 1.54) is 10.9 Å². The molecule has 1 N–H and O–H groups in total. The molecule has 0 radical (unpaired) electrons. The average Bonchev–Trinajstić information content (AvgIpc) is 2.93. The second-order valence-corrected chi connectivity index (χ2v) is 11.4. The van der Waals surface area contributed by atoms with Gasteiger partial charge < -0.3 is 5.11 Å². The molecule has 0 bridgehead atoms. The maximum absolute atomic E-state index is 10.8. The predicted octanol–water partition coefficient (Wildman–Crippen LogP) is 4.58. The van der Waals surface area contributed by atoms with Crippen LogP contribution in [0.1, 0.15) is 39.8 Å². The first kappa shape index (κ1) is 16.1. The summed E-state index contributed by atoms with van der Waals surface area (Å²) in [7, 11) is -1.90. The van der Waals surface area contributed by atoms with Crippen LogP contribution in [-0.4, -0.2) is 23.0 Å². The third-order valence-electron chi connectivity index (χ3n) is 4.56. The highest BCUT2D eigenvalue weighted by molar-refractivity contribution is 6.92. The Morgan fingerprint density at radius 3 is 2.52 bits per heavy atom. The molecule has 0 aliphatic carbocycles. The molecular formula is C17H28N2OSi. The van der Waals surface area contributed by atoms with Crippen molar-refractivity contribution in [3.63, 3.8) is 0 Å². The van der Waals surface area contributed by atoms with E-state index in [-0.39, 0.29) is 0 Å². The minimum absolute atomic E-state index is 0.524. The van der Waals surface area contributed by atoms with Gasteiger partial charge in [-0.2, -0.15) is 5.10 Å². The van der Waals surface area contributed by atoms with E-state index < -0.39 is 8.07 Å². The Morgan fingerprint density at radius 2 is 1.95 bits per heavy atom. The van der Waals surface area contributed by atoms with Crippen molar-refractivity contribution < 1.29 is 5.11 Å². The molecule has 116 valence electrons. The third kappa shape index (κ3) is 2.86. The summed E-state index contributed by atoms with van der Waals surface area (Å²) in [5.41, 5.74) is 2.08. The smallest absolute Gasteiger partial charge is 0.154 e. The van der Waals surface area contributed by atoms with Gasteiger partial charge in [0, 0.05) is 11.9 Å². The van der Waals surface area contributed by atoms with Gasteiger partial charge in [0.1, 0.15) is 5.38 Å². The molecular weight excluding hydrogens is 276 g/mol. The number of hydrogen-bond acceptors (Lipinski definition) is 2. The van der Waals surface area contributed by atoms with Crippen molar-refractivity contribution in [2.45, 2.75) is 53.6 Å². The van der Waals surface area contributed by atoms with E-state index >= 15 is 0 Å². The van der Waals surface area contributed by atoms with Crippen LogP contribution in [0.25, 0.3) is 5.70 Å². The van der Waals surface area contributed by atoms with Crippen molar-refractivity contribution in [2.75, 3.05) is 0 Å². The van der Waals surface area contributed by atoms with Crippen LogP contribution in [-0.2, 0) is 6.42 Å². The van der Waals surface area contributed by atoms with Gasteiger partial charge in [0.05, 0.1) is 5.70 Å². The molecule has 21 heavy (non-hydrogen) atoms. The number of aliphatic hydroxyl groups excluding tert-OH is 1. The van der Waals surface area contributed by atoms with Gasteiger partial charge in [-0.15, -0.1) is 0 Å². The van der Waals surface area contributed by atoms with Gasteiger partial charge in [-0.25, -0.2) is 4.68 Å². The van der Waals surface area contributed by atoms with Gasteiger partial charge >= 0.3 is 0 Å². The van der Waals surface area contributed by atoms with Gasteiger partial charge in [0.2, 0.25) is 0 Å². The van der Waals surface area contributed by atoms with E-state index in [1.54, 1.807) is 0 Å². The van der Waals surface area contributed by atoms with E-state index in [0.29, 0.717) is 17.2 Å².